The maximum Gasteiger partial charge on any atom is 0.328 e. The summed E-state index contributed by atoms with van der Waals surface area (Å²) < 4.78 is 5.04. The molecule has 1 aromatic carbocycles. The molecule has 0 unspecified atom stereocenters. The molecule has 0 heterocycles. The SMILES string of the molecule is C[C@H](Nc1ccc(N)cc1)C(=O)OCCN(CC(=O)O)CC(=O)O. The largest absolute Gasteiger partial charge is 0.480 e. The van der Waals surface area contributed by atoms with Gasteiger partial charge in [-0.25, -0.2) is 4.79 Å². The number of hydrogen-bond donors (Lipinski definition) is 4. The smallest absolute Gasteiger partial charge is 0.328 e. The second-order valence-electron chi connectivity index (χ2n) is 5.15. The van der Waals surface area contributed by atoms with Crippen LogP contribution in [-0.4, -0.2) is 65.3 Å². The molecule has 0 aromatic heterocycles. The molecule has 0 saturated heterocycles. The number of aliphatic carboxylic acids is 2. The van der Waals surface area contributed by atoms with Crippen molar-refractivity contribution in [3.8, 4) is 0 Å². The summed E-state index contributed by atoms with van der Waals surface area (Å²) in [6.07, 6.45) is 0. The predicted octanol–water partition coefficient (Wildman–Crippen LogP) is 0.0836. The highest BCUT2D eigenvalue weighted by Gasteiger charge is 2.17. The summed E-state index contributed by atoms with van der Waals surface area (Å²) in [5.74, 6) is -2.83. The summed E-state index contributed by atoms with van der Waals surface area (Å²) in [6.45, 7) is 0.642. The van der Waals surface area contributed by atoms with Crippen LogP contribution < -0.4 is 11.1 Å². The van der Waals surface area contributed by atoms with Gasteiger partial charge in [0.15, 0.2) is 0 Å². The Balaban J connectivity index is 2.41. The Hall–Kier alpha value is -2.81. The zero-order chi connectivity index (χ0) is 18.1. The number of carboxylic acid groups (broad SMARTS) is 2. The van der Waals surface area contributed by atoms with Gasteiger partial charge in [0.1, 0.15) is 12.6 Å². The number of carbonyl (C=O) groups excluding carboxylic acids is 1. The highest BCUT2D eigenvalue weighted by Crippen LogP contribution is 2.12. The molecule has 0 radical (unpaired) electrons. The standard InChI is InChI=1S/C15H21N3O6/c1-10(17-12-4-2-11(16)3-5-12)15(23)24-7-6-18(8-13(19)20)9-14(21)22/h2-5,10,17H,6-9,16H2,1H3,(H,19,20)(H,21,22)/t10-/m0/s1. The molecule has 0 fully saturated rings. The van der Waals surface area contributed by atoms with E-state index in [1.54, 1.807) is 31.2 Å². The lowest BCUT2D eigenvalue weighted by Crippen LogP contribution is -2.38. The third-order valence-electron chi connectivity index (χ3n) is 3.02. The number of anilines is 2. The number of nitrogens with one attached hydrogen (secondary N) is 1. The molecule has 0 spiro atoms. The number of nitrogen functional groups attached to an aromatic ring is 1. The van der Waals surface area contributed by atoms with Crippen molar-refractivity contribution < 1.29 is 29.3 Å². The first-order valence-corrected chi connectivity index (χ1v) is 7.22. The molecule has 1 aromatic rings. The van der Waals surface area contributed by atoms with Gasteiger partial charge in [-0.15, -0.1) is 0 Å². The molecule has 1 atom stereocenters. The van der Waals surface area contributed by atoms with Gasteiger partial charge in [0.05, 0.1) is 13.1 Å². The van der Waals surface area contributed by atoms with Gasteiger partial charge in [-0.3, -0.25) is 14.5 Å². The number of benzene rings is 1. The molecule has 24 heavy (non-hydrogen) atoms. The summed E-state index contributed by atoms with van der Waals surface area (Å²) in [4.78, 5) is 34.4. The average molecular weight is 339 g/mol. The molecule has 0 aliphatic heterocycles. The van der Waals surface area contributed by atoms with Crippen LogP contribution in [0.4, 0.5) is 11.4 Å². The summed E-state index contributed by atoms with van der Waals surface area (Å²) >= 11 is 0. The number of nitrogens with two attached hydrogens (primary N) is 1. The Kier molecular flexibility index (Phi) is 7.50. The lowest BCUT2D eigenvalue weighted by molar-refractivity contribution is -0.145. The van der Waals surface area contributed by atoms with E-state index in [1.165, 1.54) is 0 Å². The summed E-state index contributed by atoms with van der Waals surface area (Å²) in [5, 5.41) is 20.4. The fourth-order valence-electron chi connectivity index (χ4n) is 1.89. The number of carboxylic acids is 2. The first kappa shape index (κ1) is 19.2. The van der Waals surface area contributed by atoms with E-state index in [-0.39, 0.29) is 13.2 Å². The van der Waals surface area contributed by atoms with Crippen LogP contribution in [0.1, 0.15) is 6.92 Å². The quantitative estimate of drug-likeness (QED) is 0.344. The lowest BCUT2D eigenvalue weighted by Gasteiger charge is -2.19. The van der Waals surface area contributed by atoms with Crippen LogP contribution in [0.15, 0.2) is 24.3 Å². The minimum absolute atomic E-state index is 0.0128. The van der Waals surface area contributed by atoms with E-state index in [2.05, 4.69) is 5.32 Å². The van der Waals surface area contributed by atoms with Crippen molar-refractivity contribution in [1.82, 2.24) is 4.90 Å². The third kappa shape index (κ3) is 7.45. The first-order chi connectivity index (χ1) is 11.3. The number of nitrogens with zero attached hydrogens (tertiary/aromatic N) is 1. The molecule has 9 heteroatoms. The molecule has 0 aliphatic rings. The van der Waals surface area contributed by atoms with Crippen molar-refractivity contribution in [1.29, 1.82) is 0 Å². The molecule has 5 N–H and O–H groups in total. The van der Waals surface area contributed by atoms with E-state index in [0.29, 0.717) is 11.4 Å². The average Bonchev–Trinajstić information content (AvgIpc) is 2.48. The zero-order valence-electron chi connectivity index (χ0n) is 13.3. The molecule has 0 bridgehead atoms. The van der Waals surface area contributed by atoms with Crippen molar-refractivity contribution in [2.24, 2.45) is 0 Å². The minimum atomic E-state index is -1.15. The van der Waals surface area contributed by atoms with E-state index in [4.69, 9.17) is 20.7 Å². The predicted molar refractivity (Wildman–Crippen MR) is 86.6 cm³/mol. The van der Waals surface area contributed by atoms with E-state index < -0.39 is 37.0 Å². The van der Waals surface area contributed by atoms with E-state index in [1.807, 2.05) is 0 Å². The maximum atomic E-state index is 11.9. The van der Waals surface area contributed by atoms with Crippen LogP contribution in [0, 0.1) is 0 Å². The summed E-state index contributed by atoms with van der Waals surface area (Å²) in [7, 11) is 0. The van der Waals surface area contributed by atoms with Gasteiger partial charge in [0.2, 0.25) is 0 Å². The summed E-state index contributed by atoms with van der Waals surface area (Å²) in [5.41, 5.74) is 6.88. The Bertz CT molecular complexity index is 559. The Morgan fingerprint density at radius 2 is 1.71 bits per heavy atom. The van der Waals surface area contributed by atoms with Crippen LogP contribution >= 0.6 is 0 Å². The minimum Gasteiger partial charge on any atom is -0.480 e. The molecule has 0 saturated carbocycles. The molecule has 9 nitrogen and oxygen atoms in total. The van der Waals surface area contributed by atoms with E-state index in [0.717, 1.165) is 4.90 Å². The topological polar surface area (TPSA) is 142 Å². The van der Waals surface area contributed by atoms with Crippen LogP contribution in [0.2, 0.25) is 0 Å². The third-order valence-corrected chi connectivity index (χ3v) is 3.02. The van der Waals surface area contributed by atoms with Crippen molar-refractivity contribution in [2.75, 3.05) is 37.3 Å². The highest BCUT2D eigenvalue weighted by molar-refractivity contribution is 5.79. The van der Waals surface area contributed by atoms with Crippen molar-refractivity contribution in [3.63, 3.8) is 0 Å². The van der Waals surface area contributed by atoms with Gasteiger partial charge in [-0.1, -0.05) is 0 Å². The number of ether oxygens (including phenoxy) is 1. The van der Waals surface area contributed by atoms with Crippen molar-refractivity contribution in [3.05, 3.63) is 24.3 Å². The number of hydrogen-bond acceptors (Lipinski definition) is 7. The first-order valence-electron chi connectivity index (χ1n) is 7.22. The molecule has 132 valence electrons. The second kappa shape index (κ2) is 9.36. The number of carbonyl (C=O) groups is 3. The second-order valence-corrected chi connectivity index (χ2v) is 5.15. The Labute approximate surface area is 139 Å². The van der Waals surface area contributed by atoms with Gasteiger partial charge in [0, 0.05) is 17.9 Å². The van der Waals surface area contributed by atoms with Gasteiger partial charge in [-0.05, 0) is 31.2 Å². The van der Waals surface area contributed by atoms with Crippen LogP contribution in [0.5, 0.6) is 0 Å². The molecule has 1 rings (SSSR count). The molecule has 0 aliphatic carbocycles. The summed E-state index contributed by atoms with van der Waals surface area (Å²) in [6, 6.07) is 6.20. The van der Waals surface area contributed by atoms with E-state index >= 15 is 0 Å². The van der Waals surface area contributed by atoms with Gasteiger partial charge in [-0.2, -0.15) is 0 Å². The van der Waals surface area contributed by atoms with Gasteiger partial charge < -0.3 is 26.0 Å². The molecular formula is C15H21N3O6. The zero-order valence-corrected chi connectivity index (χ0v) is 13.3. The fraction of sp³-hybridized carbons (Fsp3) is 0.400. The number of esters is 1. The van der Waals surface area contributed by atoms with Crippen LogP contribution in [0.25, 0.3) is 0 Å². The Morgan fingerprint density at radius 3 is 2.21 bits per heavy atom. The van der Waals surface area contributed by atoms with Crippen molar-refractivity contribution >= 4 is 29.3 Å². The van der Waals surface area contributed by atoms with Gasteiger partial charge in [0.25, 0.3) is 0 Å². The lowest BCUT2D eigenvalue weighted by atomic mass is 10.2. The van der Waals surface area contributed by atoms with E-state index in [9.17, 15) is 14.4 Å². The highest BCUT2D eigenvalue weighted by atomic mass is 16.5. The van der Waals surface area contributed by atoms with Gasteiger partial charge >= 0.3 is 17.9 Å². The van der Waals surface area contributed by atoms with Crippen LogP contribution in [0.3, 0.4) is 0 Å². The maximum absolute atomic E-state index is 11.9. The normalized spacial score (nSPS) is 11.8. The van der Waals surface area contributed by atoms with Crippen LogP contribution in [-0.2, 0) is 19.1 Å². The van der Waals surface area contributed by atoms with Crippen molar-refractivity contribution in [2.45, 2.75) is 13.0 Å². The number of rotatable bonds is 10. The monoisotopic (exact) mass is 339 g/mol. The fourth-order valence-corrected chi connectivity index (χ4v) is 1.89. The Morgan fingerprint density at radius 1 is 1.17 bits per heavy atom. The molecular weight excluding hydrogens is 318 g/mol. The molecule has 0 amide bonds.